The van der Waals surface area contributed by atoms with E-state index in [1.165, 1.54) is 22.5 Å². The summed E-state index contributed by atoms with van der Waals surface area (Å²) in [4.78, 5) is 47.9. The van der Waals surface area contributed by atoms with Crippen molar-refractivity contribution in [1.29, 1.82) is 0 Å². The number of carboxylic acids is 1. The zero-order valence-electron chi connectivity index (χ0n) is 23.7. The number of carboxylic acid groups (broad SMARTS) is 1. The number of carbonyl (C=O) groups excluding carboxylic acids is 2. The fraction of sp³-hybridized carbons (Fsp3) is 0.393. The van der Waals surface area contributed by atoms with Gasteiger partial charge in [0.05, 0.1) is 42.6 Å². The minimum atomic E-state index is -1.11. The van der Waals surface area contributed by atoms with Crippen molar-refractivity contribution >= 4 is 41.1 Å². The van der Waals surface area contributed by atoms with Crippen LogP contribution in [-0.2, 0) is 25.8 Å². The Morgan fingerprint density at radius 1 is 1.20 bits per heavy atom. The molecule has 13 nitrogen and oxygen atoms in total. The minimum absolute atomic E-state index is 0.0152. The molecule has 44 heavy (non-hydrogen) atoms. The van der Waals surface area contributed by atoms with Crippen LogP contribution < -0.4 is 11.1 Å². The Balaban J connectivity index is 1.47. The smallest absolute Gasteiger partial charge is 0.308 e. The molecule has 1 amide bonds. The molecule has 0 spiro atoms. The molecule has 3 aromatic rings. The van der Waals surface area contributed by atoms with E-state index in [0.29, 0.717) is 17.2 Å². The molecule has 1 aliphatic carbocycles. The van der Waals surface area contributed by atoms with Crippen LogP contribution in [0.3, 0.4) is 0 Å². The van der Waals surface area contributed by atoms with Gasteiger partial charge in [-0.1, -0.05) is 0 Å². The zero-order chi connectivity index (χ0) is 31.6. The largest absolute Gasteiger partial charge is 0.481 e. The van der Waals surface area contributed by atoms with E-state index in [9.17, 15) is 23.2 Å². The number of rotatable bonds is 13. The Kier molecular flexibility index (Phi) is 11.2. The molecule has 1 fully saturated rings. The van der Waals surface area contributed by atoms with E-state index in [-0.39, 0.29) is 48.8 Å². The van der Waals surface area contributed by atoms with Gasteiger partial charge in [-0.15, -0.1) is 11.3 Å². The summed E-state index contributed by atoms with van der Waals surface area (Å²) < 4.78 is 40.4. The third-order valence-electron chi connectivity index (χ3n) is 6.58. The van der Waals surface area contributed by atoms with E-state index in [4.69, 9.17) is 20.3 Å². The third-order valence-corrected chi connectivity index (χ3v) is 7.48. The summed E-state index contributed by atoms with van der Waals surface area (Å²) >= 11 is 1.14. The first kappa shape index (κ1) is 32.3. The zero-order valence-corrected chi connectivity index (χ0v) is 24.6. The van der Waals surface area contributed by atoms with Crippen LogP contribution >= 0.6 is 11.3 Å². The molecule has 0 aromatic carbocycles. The van der Waals surface area contributed by atoms with Crippen molar-refractivity contribution in [3.8, 4) is 10.6 Å². The lowest BCUT2D eigenvalue weighted by Crippen LogP contribution is -2.28. The van der Waals surface area contributed by atoms with Crippen LogP contribution in [-0.4, -0.2) is 67.7 Å². The van der Waals surface area contributed by atoms with Crippen LogP contribution in [0.25, 0.3) is 16.3 Å². The fourth-order valence-electron chi connectivity index (χ4n) is 4.34. The number of aliphatic carboxylic acids is 1. The van der Waals surface area contributed by atoms with Crippen LogP contribution in [0.5, 0.6) is 0 Å². The van der Waals surface area contributed by atoms with E-state index in [1.54, 1.807) is 6.20 Å². The predicted molar refractivity (Wildman–Crippen MR) is 155 cm³/mol. The molecule has 0 saturated heterocycles. The fourth-order valence-corrected chi connectivity index (χ4v) is 5.12. The number of amides is 1. The van der Waals surface area contributed by atoms with Crippen molar-refractivity contribution < 1.29 is 37.7 Å². The van der Waals surface area contributed by atoms with Gasteiger partial charge in [0.25, 0.3) is 5.91 Å². The van der Waals surface area contributed by atoms with E-state index in [1.807, 2.05) is 6.92 Å². The summed E-state index contributed by atoms with van der Waals surface area (Å²) in [7, 11) is 0. The summed E-state index contributed by atoms with van der Waals surface area (Å²) in [5, 5.41) is 17.3. The van der Waals surface area contributed by atoms with Crippen molar-refractivity contribution in [2.24, 2.45) is 10.7 Å². The van der Waals surface area contributed by atoms with Gasteiger partial charge in [0.1, 0.15) is 16.4 Å². The normalized spacial score (nSPS) is 17.3. The highest BCUT2D eigenvalue weighted by molar-refractivity contribution is 7.13. The van der Waals surface area contributed by atoms with Gasteiger partial charge in [-0.05, 0) is 44.7 Å². The van der Waals surface area contributed by atoms with E-state index in [0.717, 1.165) is 49.2 Å². The second-order valence-corrected chi connectivity index (χ2v) is 10.6. The Hall–Kier alpha value is -4.57. The number of nitrogens with two attached hydrogens (primary N) is 1. The number of aliphatic imine (C=N–C) groups is 1. The number of hydrogen-bond acceptors (Lipinski definition) is 11. The topological polar surface area (TPSA) is 184 Å². The molecule has 4 N–H and O–H groups in total. The van der Waals surface area contributed by atoms with Gasteiger partial charge in [0, 0.05) is 30.0 Å². The lowest BCUT2D eigenvalue weighted by atomic mass is 9.93. The maximum Gasteiger partial charge on any atom is 0.308 e. The van der Waals surface area contributed by atoms with Gasteiger partial charge in [-0.25, -0.2) is 19.0 Å². The van der Waals surface area contributed by atoms with E-state index in [2.05, 4.69) is 25.4 Å². The van der Waals surface area contributed by atoms with Crippen molar-refractivity contribution in [3.05, 3.63) is 58.8 Å². The second-order valence-electron chi connectivity index (χ2n) is 9.76. The molecule has 3 aromatic heterocycles. The summed E-state index contributed by atoms with van der Waals surface area (Å²) in [5.41, 5.74) is 5.89. The van der Waals surface area contributed by atoms with Gasteiger partial charge in [0.15, 0.2) is 12.5 Å². The lowest BCUT2D eigenvalue weighted by Gasteiger charge is -2.26. The molecule has 0 radical (unpaired) electrons. The van der Waals surface area contributed by atoms with Gasteiger partial charge in [0.2, 0.25) is 5.95 Å². The summed E-state index contributed by atoms with van der Waals surface area (Å²) in [5.74, 6) is -4.28. The first-order valence-electron chi connectivity index (χ1n) is 13.8. The highest BCUT2D eigenvalue weighted by Crippen LogP contribution is 2.25. The third kappa shape index (κ3) is 8.97. The molecule has 3 heterocycles. The Labute approximate surface area is 254 Å². The summed E-state index contributed by atoms with van der Waals surface area (Å²) in [6.07, 6.45) is 7.03. The number of nitrogens with one attached hydrogen (secondary N) is 1. The number of carbonyl (C=O) groups is 3. The molecule has 1 saturated carbocycles. The van der Waals surface area contributed by atoms with Crippen molar-refractivity contribution in [2.45, 2.75) is 64.3 Å². The number of pyridine rings is 1. The Bertz CT molecular complexity index is 1550. The summed E-state index contributed by atoms with van der Waals surface area (Å²) in [6.45, 7) is 2.34. The van der Waals surface area contributed by atoms with Gasteiger partial charge in [-0.3, -0.25) is 19.4 Å². The second kappa shape index (κ2) is 15.2. The average molecular weight is 632 g/mol. The van der Waals surface area contributed by atoms with Crippen LogP contribution in [0.4, 0.5) is 8.78 Å². The van der Waals surface area contributed by atoms with Gasteiger partial charge in [-0.2, -0.15) is 9.49 Å². The quantitative estimate of drug-likeness (QED) is 0.143. The maximum absolute atomic E-state index is 14.5. The molecule has 0 bridgehead atoms. The monoisotopic (exact) mass is 631 g/mol. The standard InChI is InChI=1S/C28H31F2N7O6S/c1-2-42-18-5-3-17(4-6-18)32-12-20(25(31)26-19(29)7-8-22(30)36-26)34-27(41)21-14-44-28(35-21)16-11-33-37(13-16)15-43-24(40)10-9-23(38)39/h7-8,11-14,17-18H,2-6,9-10,15,31H2,1H3,(H,34,41)(H,38,39). The number of thiazole rings is 1. The summed E-state index contributed by atoms with van der Waals surface area (Å²) in [6, 6.07) is 1.67. The molecular formula is C28H31F2N7O6S. The molecular weight excluding hydrogens is 600 g/mol. The van der Waals surface area contributed by atoms with E-state index >= 15 is 0 Å². The number of allylic oxidation sites excluding steroid dienone is 1. The first-order valence-corrected chi connectivity index (χ1v) is 14.6. The number of nitrogens with zero attached hydrogens (tertiary/aromatic N) is 5. The molecule has 0 unspecified atom stereocenters. The van der Waals surface area contributed by atoms with Gasteiger partial charge < -0.3 is 25.6 Å². The predicted octanol–water partition coefficient (Wildman–Crippen LogP) is 3.52. The van der Waals surface area contributed by atoms with Crippen molar-refractivity contribution in [2.75, 3.05) is 6.61 Å². The maximum atomic E-state index is 14.5. The van der Waals surface area contributed by atoms with Gasteiger partial charge >= 0.3 is 11.9 Å². The van der Waals surface area contributed by atoms with Crippen LogP contribution in [0.15, 0.2) is 40.6 Å². The molecule has 4 rings (SSSR count). The molecule has 0 aliphatic heterocycles. The van der Waals surface area contributed by atoms with Crippen molar-refractivity contribution in [3.63, 3.8) is 0 Å². The Morgan fingerprint density at radius 2 is 1.98 bits per heavy atom. The average Bonchev–Trinajstić information content (AvgIpc) is 3.69. The SMILES string of the molecule is CCOC1CCC(N=CC(NC(=O)c2csc(-c3cnn(COC(=O)CCC(=O)O)c3)n2)=C(N)c2nc(F)ccc2F)CC1. The Morgan fingerprint density at radius 3 is 2.70 bits per heavy atom. The molecule has 0 atom stereocenters. The number of hydrogen-bond donors (Lipinski definition) is 3. The number of aromatic nitrogens is 4. The van der Waals surface area contributed by atoms with Crippen LogP contribution in [0.2, 0.25) is 0 Å². The lowest BCUT2D eigenvalue weighted by molar-refractivity contribution is -0.151. The highest BCUT2D eigenvalue weighted by Gasteiger charge is 2.22. The van der Waals surface area contributed by atoms with Crippen LogP contribution in [0, 0.1) is 11.8 Å². The minimum Gasteiger partial charge on any atom is -0.481 e. The molecule has 234 valence electrons. The van der Waals surface area contributed by atoms with Crippen molar-refractivity contribution in [1.82, 2.24) is 25.1 Å². The number of ether oxygens (including phenoxy) is 2. The van der Waals surface area contributed by atoms with Crippen LogP contribution in [0.1, 0.15) is 61.6 Å². The molecule has 1 aliphatic rings. The molecule has 16 heteroatoms. The number of halogens is 2. The first-order chi connectivity index (χ1) is 21.1. The van der Waals surface area contributed by atoms with E-state index < -0.39 is 35.3 Å². The highest BCUT2D eigenvalue weighted by atomic mass is 32.1. The number of esters is 1.